The molecular weight excluding hydrogens is 347 g/mol. The van der Waals surface area contributed by atoms with Gasteiger partial charge < -0.3 is 15.2 Å². The van der Waals surface area contributed by atoms with Gasteiger partial charge in [-0.3, -0.25) is 9.59 Å². The Labute approximate surface area is 156 Å². The highest BCUT2D eigenvalue weighted by molar-refractivity contribution is 5.94. The molecule has 0 spiro atoms. The van der Waals surface area contributed by atoms with Crippen molar-refractivity contribution < 1.29 is 14.0 Å². The zero-order valence-electron chi connectivity index (χ0n) is 15.5. The van der Waals surface area contributed by atoms with Crippen molar-refractivity contribution >= 4 is 28.5 Å². The van der Waals surface area contributed by atoms with Gasteiger partial charge in [-0.2, -0.15) is 0 Å². The SMILES string of the molecule is CC(=O)Nc1ccc2c(c1)nc(CCNC(=O)c1ccc(C)c(F)c1)n2C. The van der Waals surface area contributed by atoms with Gasteiger partial charge in [0.2, 0.25) is 5.91 Å². The number of rotatable bonds is 5. The number of hydrogen-bond acceptors (Lipinski definition) is 3. The number of nitrogens with zero attached hydrogens (tertiary/aromatic N) is 2. The summed E-state index contributed by atoms with van der Waals surface area (Å²) < 4.78 is 15.5. The molecule has 0 aliphatic heterocycles. The molecule has 27 heavy (non-hydrogen) atoms. The number of aryl methyl sites for hydroxylation is 2. The zero-order valence-corrected chi connectivity index (χ0v) is 15.5. The number of halogens is 1. The summed E-state index contributed by atoms with van der Waals surface area (Å²) in [5.74, 6) is -0.0466. The van der Waals surface area contributed by atoms with Gasteiger partial charge in [-0.1, -0.05) is 6.07 Å². The second-order valence-corrected chi connectivity index (χ2v) is 6.44. The van der Waals surface area contributed by atoms with Crippen LogP contribution in [0.5, 0.6) is 0 Å². The first-order chi connectivity index (χ1) is 12.8. The Balaban J connectivity index is 1.67. The lowest BCUT2D eigenvalue weighted by atomic mass is 10.1. The van der Waals surface area contributed by atoms with Crippen LogP contribution in [0.3, 0.4) is 0 Å². The maximum Gasteiger partial charge on any atom is 0.251 e. The predicted molar refractivity (Wildman–Crippen MR) is 102 cm³/mol. The van der Waals surface area contributed by atoms with E-state index >= 15 is 0 Å². The predicted octanol–water partition coefficient (Wildman–Crippen LogP) is 2.95. The molecule has 0 aliphatic carbocycles. The highest BCUT2D eigenvalue weighted by atomic mass is 19.1. The van der Waals surface area contributed by atoms with Crippen molar-refractivity contribution in [3.8, 4) is 0 Å². The molecule has 2 amide bonds. The normalized spacial score (nSPS) is 10.8. The number of imidazole rings is 1. The highest BCUT2D eigenvalue weighted by Gasteiger charge is 2.11. The molecule has 0 atom stereocenters. The van der Waals surface area contributed by atoms with Crippen LogP contribution in [-0.4, -0.2) is 27.9 Å². The second-order valence-electron chi connectivity index (χ2n) is 6.44. The first-order valence-corrected chi connectivity index (χ1v) is 8.62. The molecule has 1 heterocycles. The van der Waals surface area contributed by atoms with Crippen molar-refractivity contribution in [2.45, 2.75) is 20.3 Å². The fourth-order valence-electron chi connectivity index (χ4n) is 2.88. The summed E-state index contributed by atoms with van der Waals surface area (Å²) in [6.07, 6.45) is 0.529. The molecule has 7 heteroatoms. The van der Waals surface area contributed by atoms with Crippen LogP contribution in [0.4, 0.5) is 10.1 Å². The summed E-state index contributed by atoms with van der Waals surface area (Å²) in [6.45, 7) is 3.49. The number of hydrogen-bond donors (Lipinski definition) is 2. The van der Waals surface area contributed by atoms with Gasteiger partial charge in [0.1, 0.15) is 11.6 Å². The van der Waals surface area contributed by atoms with Gasteiger partial charge in [-0.25, -0.2) is 9.37 Å². The third-order valence-electron chi connectivity index (χ3n) is 4.36. The first kappa shape index (κ1) is 18.6. The van der Waals surface area contributed by atoms with Crippen molar-refractivity contribution in [2.24, 2.45) is 7.05 Å². The lowest BCUT2D eigenvalue weighted by Crippen LogP contribution is -2.26. The van der Waals surface area contributed by atoms with E-state index in [-0.39, 0.29) is 11.8 Å². The Bertz CT molecular complexity index is 1030. The largest absolute Gasteiger partial charge is 0.352 e. The van der Waals surface area contributed by atoms with Crippen LogP contribution in [0.15, 0.2) is 36.4 Å². The minimum atomic E-state index is -0.395. The van der Waals surface area contributed by atoms with Gasteiger partial charge in [-0.05, 0) is 42.8 Å². The van der Waals surface area contributed by atoms with Gasteiger partial charge in [0.05, 0.1) is 11.0 Å². The number of nitrogens with one attached hydrogen (secondary N) is 2. The van der Waals surface area contributed by atoms with Crippen LogP contribution in [0.1, 0.15) is 28.7 Å². The summed E-state index contributed by atoms with van der Waals surface area (Å²) >= 11 is 0. The molecule has 3 aromatic rings. The molecular formula is C20H21FN4O2. The smallest absolute Gasteiger partial charge is 0.251 e. The van der Waals surface area contributed by atoms with E-state index < -0.39 is 5.82 Å². The molecule has 0 aliphatic rings. The first-order valence-electron chi connectivity index (χ1n) is 8.62. The van der Waals surface area contributed by atoms with Crippen LogP contribution in [-0.2, 0) is 18.3 Å². The lowest BCUT2D eigenvalue weighted by Gasteiger charge is -2.06. The van der Waals surface area contributed by atoms with Gasteiger partial charge in [-0.15, -0.1) is 0 Å². The molecule has 0 radical (unpaired) electrons. The van der Waals surface area contributed by atoms with Crippen LogP contribution in [0.2, 0.25) is 0 Å². The lowest BCUT2D eigenvalue weighted by molar-refractivity contribution is -0.114. The molecule has 0 fully saturated rings. The Hall–Kier alpha value is -3.22. The molecule has 0 bridgehead atoms. The van der Waals surface area contributed by atoms with Crippen molar-refractivity contribution in [2.75, 3.05) is 11.9 Å². The van der Waals surface area contributed by atoms with E-state index in [0.717, 1.165) is 16.9 Å². The van der Waals surface area contributed by atoms with Crippen molar-refractivity contribution in [3.63, 3.8) is 0 Å². The number of carbonyl (C=O) groups is 2. The number of anilines is 1. The minimum Gasteiger partial charge on any atom is -0.352 e. The van der Waals surface area contributed by atoms with E-state index in [2.05, 4.69) is 15.6 Å². The molecule has 0 unspecified atom stereocenters. The third kappa shape index (κ3) is 4.13. The molecule has 6 nitrogen and oxygen atoms in total. The summed E-state index contributed by atoms with van der Waals surface area (Å²) in [5, 5.41) is 5.52. The number of amides is 2. The quantitative estimate of drug-likeness (QED) is 0.727. The average molecular weight is 368 g/mol. The molecule has 1 aromatic heterocycles. The minimum absolute atomic E-state index is 0.138. The highest BCUT2D eigenvalue weighted by Crippen LogP contribution is 2.20. The summed E-state index contributed by atoms with van der Waals surface area (Å²) in [6, 6.07) is 9.96. The fourth-order valence-corrected chi connectivity index (χ4v) is 2.88. The molecule has 3 rings (SSSR count). The van der Waals surface area contributed by atoms with E-state index in [0.29, 0.717) is 29.8 Å². The zero-order chi connectivity index (χ0) is 19.6. The van der Waals surface area contributed by atoms with Gasteiger partial charge in [0, 0.05) is 38.2 Å². The van der Waals surface area contributed by atoms with Crippen LogP contribution < -0.4 is 10.6 Å². The van der Waals surface area contributed by atoms with Crippen molar-refractivity contribution in [3.05, 3.63) is 59.2 Å². The van der Waals surface area contributed by atoms with Gasteiger partial charge in [0.15, 0.2) is 0 Å². The topological polar surface area (TPSA) is 76.0 Å². The second kappa shape index (κ2) is 7.57. The van der Waals surface area contributed by atoms with Crippen molar-refractivity contribution in [1.29, 1.82) is 0 Å². The van der Waals surface area contributed by atoms with E-state index in [9.17, 15) is 14.0 Å². The van der Waals surface area contributed by atoms with E-state index in [1.54, 1.807) is 19.1 Å². The third-order valence-corrected chi connectivity index (χ3v) is 4.36. The number of benzene rings is 2. The van der Waals surface area contributed by atoms with Crippen LogP contribution in [0.25, 0.3) is 11.0 Å². The standard InChI is InChI=1S/C20H21FN4O2/c1-12-4-5-14(10-16(12)21)20(27)22-9-8-19-24-17-11-15(23-13(2)26)6-7-18(17)25(19)3/h4-7,10-11H,8-9H2,1-3H3,(H,22,27)(H,23,26). The van der Waals surface area contributed by atoms with Crippen LogP contribution >= 0.6 is 0 Å². The van der Waals surface area contributed by atoms with Crippen molar-refractivity contribution in [1.82, 2.24) is 14.9 Å². The summed E-state index contributed by atoms with van der Waals surface area (Å²) in [5.41, 5.74) is 3.19. The molecule has 2 aromatic carbocycles. The van der Waals surface area contributed by atoms with Crippen LogP contribution in [0, 0.1) is 12.7 Å². The van der Waals surface area contributed by atoms with Gasteiger partial charge >= 0.3 is 0 Å². The Morgan fingerprint density at radius 1 is 1.19 bits per heavy atom. The average Bonchev–Trinajstić information content (AvgIpc) is 2.92. The number of fused-ring (bicyclic) bond motifs is 1. The monoisotopic (exact) mass is 368 g/mol. The Morgan fingerprint density at radius 2 is 1.96 bits per heavy atom. The van der Waals surface area contributed by atoms with E-state index in [1.165, 1.54) is 13.0 Å². The van der Waals surface area contributed by atoms with E-state index in [1.807, 2.05) is 29.8 Å². The summed E-state index contributed by atoms with van der Waals surface area (Å²) in [7, 11) is 1.90. The number of aromatic nitrogens is 2. The Kier molecular flexibility index (Phi) is 5.21. The number of carbonyl (C=O) groups excluding carboxylic acids is 2. The molecule has 0 saturated heterocycles. The summed E-state index contributed by atoms with van der Waals surface area (Å²) in [4.78, 5) is 27.9. The fraction of sp³-hybridized carbons (Fsp3) is 0.250. The molecule has 2 N–H and O–H groups in total. The maximum atomic E-state index is 13.6. The maximum absolute atomic E-state index is 13.6. The van der Waals surface area contributed by atoms with E-state index in [4.69, 9.17) is 0 Å². The molecule has 140 valence electrons. The molecule has 0 saturated carbocycles. The van der Waals surface area contributed by atoms with Gasteiger partial charge in [0.25, 0.3) is 5.91 Å². The Morgan fingerprint density at radius 3 is 2.67 bits per heavy atom.